The lowest BCUT2D eigenvalue weighted by atomic mass is 10.2. The number of carbonyl (C=O) groups is 1. The quantitative estimate of drug-likeness (QED) is 0.824. The van der Waals surface area contributed by atoms with Gasteiger partial charge in [-0.25, -0.2) is 4.79 Å². The fraction of sp³-hybridized carbons (Fsp3) is 0.923. The summed E-state index contributed by atoms with van der Waals surface area (Å²) in [6, 6.07) is 0.422. The van der Waals surface area contributed by atoms with Crippen molar-refractivity contribution in [3.05, 3.63) is 0 Å². The highest BCUT2D eigenvalue weighted by Crippen LogP contribution is 2.18. The Labute approximate surface area is 110 Å². The summed E-state index contributed by atoms with van der Waals surface area (Å²) in [5.74, 6) is 0. The van der Waals surface area contributed by atoms with Crippen LogP contribution in [0.1, 0.15) is 33.6 Å². The highest BCUT2D eigenvalue weighted by molar-refractivity contribution is 5.67. The van der Waals surface area contributed by atoms with Crippen molar-refractivity contribution >= 4 is 6.09 Å². The third kappa shape index (κ3) is 4.82. The topological polar surface area (TPSA) is 58.8 Å². The lowest BCUT2D eigenvalue weighted by molar-refractivity contribution is 0.0259. The zero-order valence-corrected chi connectivity index (χ0v) is 12.1. The minimum atomic E-state index is -0.433. The molecule has 1 atom stereocenters. The summed E-state index contributed by atoms with van der Waals surface area (Å²) in [4.78, 5) is 15.9. The van der Waals surface area contributed by atoms with Crippen LogP contribution in [0.25, 0.3) is 0 Å². The van der Waals surface area contributed by atoms with E-state index in [1.54, 1.807) is 11.9 Å². The van der Waals surface area contributed by atoms with Crippen LogP contribution in [0.5, 0.6) is 0 Å². The van der Waals surface area contributed by atoms with Crippen molar-refractivity contribution in [2.45, 2.75) is 45.3 Å². The van der Waals surface area contributed by atoms with Crippen molar-refractivity contribution in [3.63, 3.8) is 0 Å². The van der Waals surface area contributed by atoms with Crippen LogP contribution in [-0.2, 0) is 4.74 Å². The number of nitrogens with zero attached hydrogens (tertiary/aromatic N) is 2. The third-order valence-corrected chi connectivity index (χ3v) is 3.11. The van der Waals surface area contributed by atoms with Gasteiger partial charge in [0.25, 0.3) is 0 Å². The molecule has 0 unspecified atom stereocenters. The standard InChI is InChI=1S/C13H27N3O2/c1-13(2,3)18-12(17)15(4)10-11-6-5-8-16(11)9-7-14/h11H,5-10,14H2,1-4H3/t11-/m1/s1. The van der Waals surface area contributed by atoms with E-state index in [4.69, 9.17) is 10.5 Å². The first-order chi connectivity index (χ1) is 8.33. The summed E-state index contributed by atoms with van der Waals surface area (Å²) < 4.78 is 5.35. The van der Waals surface area contributed by atoms with Crippen molar-refractivity contribution in [3.8, 4) is 0 Å². The average molecular weight is 257 g/mol. The Morgan fingerprint density at radius 3 is 2.72 bits per heavy atom. The Kier molecular flexibility index (Phi) is 5.41. The summed E-state index contributed by atoms with van der Waals surface area (Å²) in [5.41, 5.74) is 5.16. The number of amides is 1. The second-order valence-electron chi connectivity index (χ2n) is 5.98. The molecule has 0 aromatic carbocycles. The first-order valence-corrected chi connectivity index (χ1v) is 6.71. The van der Waals surface area contributed by atoms with Gasteiger partial charge < -0.3 is 15.4 Å². The van der Waals surface area contributed by atoms with Crippen LogP contribution in [0.4, 0.5) is 4.79 Å². The first-order valence-electron chi connectivity index (χ1n) is 6.71. The van der Waals surface area contributed by atoms with Gasteiger partial charge >= 0.3 is 6.09 Å². The molecule has 1 aliphatic rings. The predicted octanol–water partition coefficient (Wildman–Crippen LogP) is 1.28. The van der Waals surface area contributed by atoms with Crippen molar-refractivity contribution in [1.82, 2.24) is 9.80 Å². The van der Waals surface area contributed by atoms with Gasteiger partial charge in [-0.05, 0) is 40.2 Å². The van der Waals surface area contributed by atoms with E-state index in [9.17, 15) is 4.79 Å². The second kappa shape index (κ2) is 6.38. The Bertz CT molecular complexity index is 276. The van der Waals surface area contributed by atoms with E-state index in [0.717, 1.165) is 26.1 Å². The molecule has 1 rings (SSSR count). The van der Waals surface area contributed by atoms with Crippen LogP contribution in [0.3, 0.4) is 0 Å². The zero-order valence-electron chi connectivity index (χ0n) is 12.1. The summed E-state index contributed by atoms with van der Waals surface area (Å²) in [6.07, 6.45) is 2.07. The maximum atomic E-state index is 11.9. The molecule has 0 spiro atoms. The molecule has 2 N–H and O–H groups in total. The Balaban J connectivity index is 2.43. The van der Waals surface area contributed by atoms with Crippen LogP contribution >= 0.6 is 0 Å². The summed E-state index contributed by atoms with van der Waals surface area (Å²) in [6.45, 7) is 9.04. The van der Waals surface area contributed by atoms with E-state index in [1.807, 2.05) is 20.8 Å². The summed E-state index contributed by atoms with van der Waals surface area (Å²) in [7, 11) is 1.80. The maximum Gasteiger partial charge on any atom is 0.410 e. The Morgan fingerprint density at radius 2 is 2.17 bits per heavy atom. The predicted molar refractivity (Wildman–Crippen MR) is 72.5 cm³/mol. The van der Waals surface area contributed by atoms with Gasteiger partial charge in [-0.1, -0.05) is 0 Å². The van der Waals surface area contributed by atoms with Gasteiger partial charge in [0.1, 0.15) is 5.60 Å². The van der Waals surface area contributed by atoms with E-state index in [-0.39, 0.29) is 6.09 Å². The van der Waals surface area contributed by atoms with Crippen molar-refractivity contribution in [1.29, 1.82) is 0 Å². The van der Waals surface area contributed by atoms with Crippen LogP contribution in [0, 0.1) is 0 Å². The van der Waals surface area contributed by atoms with E-state index in [0.29, 0.717) is 12.6 Å². The van der Waals surface area contributed by atoms with Crippen molar-refractivity contribution < 1.29 is 9.53 Å². The van der Waals surface area contributed by atoms with E-state index in [2.05, 4.69) is 4.90 Å². The normalized spacial score (nSPS) is 21.1. The summed E-state index contributed by atoms with van der Waals surface area (Å²) in [5, 5.41) is 0. The fourth-order valence-corrected chi connectivity index (χ4v) is 2.29. The molecular weight excluding hydrogens is 230 g/mol. The van der Waals surface area contributed by atoms with Gasteiger partial charge in [0.2, 0.25) is 0 Å². The van der Waals surface area contributed by atoms with Gasteiger partial charge in [-0.3, -0.25) is 4.90 Å². The van der Waals surface area contributed by atoms with Gasteiger partial charge in [0, 0.05) is 32.7 Å². The molecule has 5 nitrogen and oxygen atoms in total. The average Bonchev–Trinajstić information content (AvgIpc) is 2.64. The van der Waals surface area contributed by atoms with Crippen molar-refractivity contribution in [2.24, 2.45) is 5.73 Å². The monoisotopic (exact) mass is 257 g/mol. The molecule has 1 saturated heterocycles. The molecule has 0 saturated carbocycles. The van der Waals surface area contributed by atoms with Crippen LogP contribution in [0.15, 0.2) is 0 Å². The number of carbonyl (C=O) groups excluding carboxylic acids is 1. The molecule has 1 heterocycles. The molecular formula is C13H27N3O2. The lowest BCUT2D eigenvalue weighted by Gasteiger charge is -2.30. The molecule has 18 heavy (non-hydrogen) atoms. The molecule has 0 aromatic rings. The number of nitrogens with two attached hydrogens (primary N) is 1. The smallest absolute Gasteiger partial charge is 0.410 e. The van der Waals surface area contributed by atoms with Gasteiger partial charge in [0.15, 0.2) is 0 Å². The van der Waals surface area contributed by atoms with Crippen molar-refractivity contribution in [2.75, 3.05) is 33.2 Å². The first kappa shape index (κ1) is 15.2. The molecule has 1 fully saturated rings. The van der Waals surface area contributed by atoms with Crippen LogP contribution < -0.4 is 5.73 Å². The van der Waals surface area contributed by atoms with E-state index in [1.165, 1.54) is 6.42 Å². The molecule has 0 aliphatic carbocycles. The maximum absolute atomic E-state index is 11.9. The SMILES string of the molecule is CN(C[C@H]1CCCN1CCN)C(=O)OC(C)(C)C. The molecule has 5 heteroatoms. The molecule has 106 valence electrons. The fourth-order valence-electron chi connectivity index (χ4n) is 2.29. The van der Waals surface area contributed by atoms with Gasteiger partial charge in [-0.15, -0.1) is 0 Å². The number of hydrogen-bond donors (Lipinski definition) is 1. The minimum absolute atomic E-state index is 0.248. The number of hydrogen-bond acceptors (Lipinski definition) is 4. The molecule has 0 radical (unpaired) electrons. The minimum Gasteiger partial charge on any atom is -0.444 e. The summed E-state index contributed by atoms with van der Waals surface area (Å²) >= 11 is 0. The zero-order chi connectivity index (χ0) is 13.8. The van der Waals surface area contributed by atoms with Crippen LogP contribution in [0.2, 0.25) is 0 Å². The number of ether oxygens (including phenoxy) is 1. The Hall–Kier alpha value is -0.810. The highest BCUT2D eigenvalue weighted by atomic mass is 16.6. The Morgan fingerprint density at radius 1 is 1.50 bits per heavy atom. The number of rotatable bonds is 4. The highest BCUT2D eigenvalue weighted by Gasteiger charge is 2.27. The largest absolute Gasteiger partial charge is 0.444 e. The molecule has 1 aliphatic heterocycles. The van der Waals surface area contributed by atoms with Gasteiger partial charge in [0.05, 0.1) is 0 Å². The lowest BCUT2D eigenvalue weighted by Crippen LogP contribution is -2.44. The second-order valence-corrected chi connectivity index (χ2v) is 5.98. The molecule has 0 bridgehead atoms. The number of likely N-dealkylation sites (tertiary alicyclic amines) is 1. The van der Waals surface area contributed by atoms with E-state index >= 15 is 0 Å². The van der Waals surface area contributed by atoms with E-state index < -0.39 is 5.60 Å². The van der Waals surface area contributed by atoms with Gasteiger partial charge in [-0.2, -0.15) is 0 Å². The third-order valence-electron chi connectivity index (χ3n) is 3.11. The number of likely N-dealkylation sites (N-methyl/N-ethyl adjacent to an activating group) is 1. The molecule has 0 aromatic heterocycles. The van der Waals surface area contributed by atoms with Crippen LogP contribution in [-0.4, -0.2) is 60.8 Å². The molecule has 1 amide bonds.